The maximum atomic E-state index is 12.9. The summed E-state index contributed by atoms with van der Waals surface area (Å²) in [6.07, 6.45) is 0.715. The Labute approximate surface area is 193 Å². The quantitative estimate of drug-likeness (QED) is 0.526. The van der Waals surface area contributed by atoms with Crippen molar-refractivity contribution in [1.82, 2.24) is 19.9 Å². The first-order chi connectivity index (χ1) is 15.9. The Morgan fingerprint density at radius 3 is 2.61 bits per heavy atom. The average Bonchev–Trinajstić information content (AvgIpc) is 3.45. The van der Waals surface area contributed by atoms with Crippen molar-refractivity contribution in [3.8, 4) is 17.2 Å². The second-order valence-corrected chi connectivity index (χ2v) is 8.41. The number of aryl methyl sites for hydroxylation is 1. The van der Waals surface area contributed by atoms with E-state index < -0.39 is 0 Å². The number of methoxy groups -OCH3 is 1. The van der Waals surface area contributed by atoms with E-state index in [2.05, 4.69) is 10.1 Å². The molecule has 1 aliphatic rings. The van der Waals surface area contributed by atoms with Gasteiger partial charge in [-0.15, -0.1) is 0 Å². The summed E-state index contributed by atoms with van der Waals surface area (Å²) < 4.78 is 10.5. The minimum atomic E-state index is -0.339. The third-order valence-corrected chi connectivity index (χ3v) is 5.91. The van der Waals surface area contributed by atoms with Crippen LogP contribution in [0.2, 0.25) is 0 Å². The zero-order valence-corrected chi connectivity index (χ0v) is 19.2. The van der Waals surface area contributed by atoms with Gasteiger partial charge in [-0.3, -0.25) is 9.59 Å². The monoisotopic (exact) mass is 448 g/mol. The number of amides is 2. The number of hydrogen-bond acceptors (Lipinski definition) is 6. The van der Waals surface area contributed by atoms with Crippen LogP contribution in [0, 0.1) is 12.8 Å². The molecule has 3 aromatic rings. The third-order valence-electron chi connectivity index (χ3n) is 5.91. The molecule has 0 spiro atoms. The molecule has 0 bridgehead atoms. The lowest BCUT2D eigenvalue weighted by molar-refractivity contribution is -0.134. The maximum absolute atomic E-state index is 12.9. The molecule has 8 heteroatoms. The van der Waals surface area contributed by atoms with Gasteiger partial charge in [-0.25, -0.2) is 0 Å². The molecule has 172 valence electrons. The van der Waals surface area contributed by atoms with E-state index in [4.69, 9.17) is 9.26 Å². The van der Waals surface area contributed by atoms with Crippen LogP contribution in [0.3, 0.4) is 0 Å². The van der Waals surface area contributed by atoms with Gasteiger partial charge in [0.15, 0.2) is 5.82 Å². The van der Waals surface area contributed by atoms with E-state index in [-0.39, 0.29) is 24.2 Å². The lowest BCUT2D eigenvalue weighted by Gasteiger charge is -2.21. The van der Waals surface area contributed by atoms with Crippen LogP contribution in [0.25, 0.3) is 11.5 Å². The topological polar surface area (TPSA) is 88.8 Å². The highest BCUT2D eigenvalue weighted by atomic mass is 16.5. The van der Waals surface area contributed by atoms with Crippen molar-refractivity contribution in [3.05, 3.63) is 65.5 Å². The van der Waals surface area contributed by atoms with Crippen molar-refractivity contribution in [2.24, 2.45) is 5.92 Å². The SMILES string of the molecule is COc1ccc(CN2C[C@@H](C(=O)N(C)CCc3noc(-c4ccc(C)cc4)n3)CC2=O)cc1. The molecule has 2 heterocycles. The van der Waals surface area contributed by atoms with E-state index in [9.17, 15) is 9.59 Å². The predicted octanol–water partition coefficient (Wildman–Crippen LogP) is 3.10. The van der Waals surface area contributed by atoms with E-state index in [0.29, 0.717) is 37.8 Å². The van der Waals surface area contributed by atoms with Crippen molar-refractivity contribution >= 4 is 11.8 Å². The van der Waals surface area contributed by atoms with E-state index in [1.54, 1.807) is 24.0 Å². The number of likely N-dealkylation sites (tertiary alicyclic amines) is 1. The fourth-order valence-corrected chi connectivity index (χ4v) is 3.90. The van der Waals surface area contributed by atoms with Gasteiger partial charge in [0.25, 0.3) is 5.89 Å². The zero-order valence-electron chi connectivity index (χ0n) is 19.2. The molecule has 1 aromatic heterocycles. The van der Waals surface area contributed by atoms with Crippen LogP contribution in [0.4, 0.5) is 0 Å². The third kappa shape index (κ3) is 5.39. The lowest BCUT2D eigenvalue weighted by atomic mass is 10.1. The minimum Gasteiger partial charge on any atom is -0.497 e. The smallest absolute Gasteiger partial charge is 0.257 e. The summed E-state index contributed by atoms with van der Waals surface area (Å²) in [4.78, 5) is 33.2. The van der Waals surface area contributed by atoms with Crippen LogP contribution in [-0.4, -0.2) is 59.0 Å². The van der Waals surface area contributed by atoms with Gasteiger partial charge in [0.2, 0.25) is 11.8 Å². The summed E-state index contributed by atoms with van der Waals surface area (Å²) in [5.74, 6) is 1.41. The Balaban J connectivity index is 1.29. The van der Waals surface area contributed by atoms with Crippen LogP contribution in [-0.2, 0) is 22.6 Å². The van der Waals surface area contributed by atoms with Gasteiger partial charge in [0.1, 0.15) is 5.75 Å². The molecule has 0 N–H and O–H groups in total. The Kier molecular flexibility index (Phi) is 6.72. The van der Waals surface area contributed by atoms with Crippen LogP contribution >= 0.6 is 0 Å². The van der Waals surface area contributed by atoms with Gasteiger partial charge in [-0.1, -0.05) is 35.0 Å². The predicted molar refractivity (Wildman–Crippen MR) is 122 cm³/mol. The Morgan fingerprint density at radius 1 is 1.18 bits per heavy atom. The number of benzene rings is 2. The molecule has 0 radical (unpaired) electrons. The van der Waals surface area contributed by atoms with Gasteiger partial charge < -0.3 is 19.1 Å². The Morgan fingerprint density at radius 2 is 1.91 bits per heavy atom. The van der Waals surface area contributed by atoms with Crippen molar-refractivity contribution in [3.63, 3.8) is 0 Å². The number of nitrogens with zero attached hydrogens (tertiary/aromatic N) is 4. The first-order valence-electron chi connectivity index (χ1n) is 11.0. The summed E-state index contributed by atoms with van der Waals surface area (Å²) in [5, 5.41) is 4.03. The molecule has 0 saturated carbocycles. The highest BCUT2D eigenvalue weighted by Crippen LogP contribution is 2.23. The molecule has 1 saturated heterocycles. The van der Waals surface area contributed by atoms with Crippen LogP contribution < -0.4 is 4.74 Å². The molecule has 0 unspecified atom stereocenters. The zero-order chi connectivity index (χ0) is 23.4. The van der Waals surface area contributed by atoms with Gasteiger partial charge in [0, 0.05) is 45.1 Å². The summed E-state index contributed by atoms with van der Waals surface area (Å²) >= 11 is 0. The number of ether oxygens (including phenoxy) is 1. The van der Waals surface area contributed by atoms with Crippen LogP contribution in [0.1, 0.15) is 23.4 Å². The van der Waals surface area contributed by atoms with Crippen molar-refractivity contribution < 1.29 is 18.8 Å². The molecule has 33 heavy (non-hydrogen) atoms. The van der Waals surface area contributed by atoms with E-state index >= 15 is 0 Å². The minimum absolute atomic E-state index is 0.00141. The molecule has 1 atom stereocenters. The Bertz CT molecular complexity index is 1110. The molecule has 1 aliphatic heterocycles. The fraction of sp³-hybridized carbons (Fsp3) is 0.360. The molecular formula is C25H28N4O4. The molecule has 2 amide bonds. The number of carbonyl (C=O) groups is 2. The summed E-state index contributed by atoms with van der Waals surface area (Å²) in [5.41, 5.74) is 3.03. The molecule has 0 aliphatic carbocycles. The molecule has 8 nitrogen and oxygen atoms in total. The van der Waals surface area contributed by atoms with Crippen molar-refractivity contribution in [2.45, 2.75) is 26.3 Å². The number of rotatable bonds is 8. The molecular weight excluding hydrogens is 420 g/mol. The first kappa shape index (κ1) is 22.5. The number of aromatic nitrogens is 2. The van der Waals surface area contributed by atoms with E-state index in [0.717, 1.165) is 22.4 Å². The van der Waals surface area contributed by atoms with Gasteiger partial charge >= 0.3 is 0 Å². The number of carbonyl (C=O) groups excluding carboxylic acids is 2. The fourth-order valence-electron chi connectivity index (χ4n) is 3.90. The summed E-state index contributed by atoms with van der Waals surface area (Å²) in [7, 11) is 3.37. The van der Waals surface area contributed by atoms with Crippen LogP contribution in [0.5, 0.6) is 5.75 Å². The number of hydrogen-bond donors (Lipinski definition) is 0. The molecule has 4 rings (SSSR count). The lowest BCUT2D eigenvalue weighted by Crippen LogP contribution is -2.36. The van der Waals surface area contributed by atoms with Crippen LogP contribution in [0.15, 0.2) is 53.1 Å². The second-order valence-electron chi connectivity index (χ2n) is 8.41. The van der Waals surface area contributed by atoms with Crippen molar-refractivity contribution in [1.29, 1.82) is 0 Å². The first-order valence-corrected chi connectivity index (χ1v) is 11.0. The molecule has 1 fully saturated rings. The van der Waals surface area contributed by atoms with Crippen molar-refractivity contribution in [2.75, 3.05) is 27.2 Å². The Hall–Kier alpha value is -3.68. The number of likely N-dealkylation sites (N-methyl/N-ethyl adjacent to an activating group) is 1. The summed E-state index contributed by atoms with van der Waals surface area (Å²) in [6.45, 7) is 3.38. The largest absolute Gasteiger partial charge is 0.497 e. The highest BCUT2D eigenvalue weighted by Gasteiger charge is 2.35. The summed E-state index contributed by atoms with van der Waals surface area (Å²) in [6, 6.07) is 15.5. The van der Waals surface area contributed by atoms with Gasteiger partial charge in [0.05, 0.1) is 13.0 Å². The average molecular weight is 449 g/mol. The van der Waals surface area contributed by atoms with Gasteiger partial charge in [-0.2, -0.15) is 4.98 Å². The van der Waals surface area contributed by atoms with E-state index in [1.807, 2.05) is 55.5 Å². The highest BCUT2D eigenvalue weighted by molar-refractivity contribution is 5.89. The normalized spacial score (nSPS) is 15.7. The maximum Gasteiger partial charge on any atom is 0.257 e. The standard InChI is InChI=1S/C25H28N4O4/c1-17-4-8-19(9-5-17)24-26-22(27-33-24)12-13-28(2)25(31)20-14-23(30)29(16-20)15-18-6-10-21(32-3)11-7-18/h4-11,20H,12-16H2,1-3H3/t20-/m0/s1. The second kappa shape index (κ2) is 9.85. The molecule has 2 aromatic carbocycles. The van der Waals surface area contributed by atoms with E-state index in [1.165, 1.54) is 0 Å². The van der Waals surface area contributed by atoms with Gasteiger partial charge in [-0.05, 0) is 36.8 Å².